The Morgan fingerprint density at radius 3 is 2.67 bits per heavy atom. The van der Waals surface area contributed by atoms with Gasteiger partial charge in [-0.1, -0.05) is 0 Å². The lowest BCUT2D eigenvalue weighted by Crippen LogP contribution is -2.45. The Morgan fingerprint density at radius 2 is 2.20 bits per heavy atom. The summed E-state index contributed by atoms with van der Waals surface area (Å²) < 4.78 is 0. The van der Waals surface area contributed by atoms with E-state index in [0.717, 1.165) is 5.56 Å². The Hall–Kier alpha value is -0.420. The van der Waals surface area contributed by atoms with E-state index in [1.165, 1.54) is 0 Å². The van der Waals surface area contributed by atoms with E-state index in [0.29, 0.717) is 6.54 Å². The molecular weight excluding hydrogens is 210 g/mol. The second-order valence-electron chi connectivity index (χ2n) is 4.36. The normalized spacial score (nSPS) is 16.3. The zero-order valence-electron chi connectivity index (χ0n) is 9.40. The van der Waals surface area contributed by atoms with Gasteiger partial charge in [-0.25, -0.2) is 0 Å². The Bertz CT molecular complexity index is 279. The molecule has 3 nitrogen and oxygen atoms in total. The summed E-state index contributed by atoms with van der Waals surface area (Å²) in [5.41, 5.74) is 0.157. The minimum atomic E-state index is -0.769. The molecule has 1 heterocycles. The maximum Gasteiger partial charge on any atom is 0.0922 e. The van der Waals surface area contributed by atoms with Gasteiger partial charge in [-0.2, -0.15) is 11.3 Å². The zero-order valence-corrected chi connectivity index (χ0v) is 10.2. The molecule has 0 bridgehead atoms. The smallest absolute Gasteiger partial charge is 0.0922 e. The predicted octanol–water partition coefficient (Wildman–Crippen LogP) is 1.53. The van der Waals surface area contributed by atoms with E-state index in [4.69, 9.17) is 0 Å². The fourth-order valence-electron chi connectivity index (χ4n) is 1.12. The molecule has 0 amide bonds. The minimum absolute atomic E-state index is 0.0502. The highest BCUT2D eigenvalue weighted by Gasteiger charge is 2.22. The van der Waals surface area contributed by atoms with Gasteiger partial charge in [0, 0.05) is 12.6 Å². The van der Waals surface area contributed by atoms with Crippen LogP contribution in [0.4, 0.5) is 0 Å². The number of aliphatic hydroxyl groups is 2. The van der Waals surface area contributed by atoms with E-state index in [9.17, 15) is 10.2 Å². The van der Waals surface area contributed by atoms with Crippen LogP contribution < -0.4 is 5.32 Å². The molecule has 0 saturated carbocycles. The zero-order chi connectivity index (χ0) is 11.5. The summed E-state index contributed by atoms with van der Waals surface area (Å²) in [6.07, 6.45) is -0.499. The first kappa shape index (κ1) is 12.6. The van der Waals surface area contributed by atoms with Crippen molar-refractivity contribution in [3.63, 3.8) is 0 Å². The summed E-state index contributed by atoms with van der Waals surface area (Å²) >= 11 is 1.57. The molecule has 0 radical (unpaired) electrons. The molecule has 0 fully saturated rings. The first-order valence-electron chi connectivity index (χ1n) is 5.07. The molecule has 1 aromatic rings. The monoisotopic (exact) mass is 229 g/mol. The van der Waals surface area contributed by atoms with E-state index < -0.39 is 11.7 Å². The summed E-state index contributed by atoms with van der Waals surface area (Å²) in [7, 11) is 0. The van der Waals surface area contributed by atoms with Crippen molar-refractivity contribution in [2.75, 3.05) is 6.54 Å². The van der Waals surface area contributed by atoms with Gasteiger partial charge in [0.25, 0.3) is 0 Å². The van der Waals surface area contributed by atoms with Gasteiger partial charge in [-0.3, -0.25) is 0 Å². The average molecular weight is 229 g/mol. The van der Waals surface area contributed by atoms with E-state index >= 15 is 0 Å². The number of rotatable bonds is 5. The molecule has 15 heavy (non-hydrogen) atoms. The second kappa shape index (κ2) is 5.07. The van der Waals surface area contributed by atoms with Crippen LogP contribution in [-0.4, -0.2) is 28.4 Å². The van der Waals surface area contributed by atoms with Crippen LogP contribution in [0.3, 0.4) is 0 Å². The topological polar surface area (TPSA) is 52.5 Å². The Labute approximate surface area is 94.8 Å². The van der Waals surface area contributed by atoms with Crippen LogP contribution in [0.1, 0.15) is 32.4 Å². The van der Waals surface area contributed by atoms with Crippen molar-refractivity contribution in [1.82, 2.24) is 5.32 Å². The van der Waals surface area contributed by atoms with Crippen LogP contribution in [0, 0.1) is 0 Å². The SMILES string of the molecule is CC(NCC(O)c1ccsc1)C(C)(C)O. The molecule has 4 heteroatoms. The van der Waals surface area contributed by atoms with Crippen molar-refractivity contribution in [3.05, 3.63) is 22.4 Å². The highest BCUT2D eigenvalue weighted by molar-refractivity contribution is 7.07. The molecule has 1 rings (SSSR count). The molecule has 0 aromatic carbocycles. The first-order valence-corrected chi connectivity index (χ1v) is 6.01. The Balaban J connectivity index is 2.38. The quantitative estimate of drug-likeness (QED) is 0.717. The van der Waals surface area contributed by atoms with Crippen molar-refractivity contribution < 1.29 is 10.2 Å². The Kier molecular flexibility index (Phi) is 4.28. The van der Waals surface area contributed by atoms with Gasteiger partial charge in [0.05, 0.1) is 11.7 Å². The van der Waals surface area contributed by atoms with Gasteiger partial charge in [-0.15, -0.1) is 0 Å². The van der Waals surface area contributed by atoms with Crippen molar-refractivity contribution in [1.29, 1.82) is 0 Å². The molecule has 0 spiro atoms. The lowest BCUT2D eigenvalue weighted by Gasteiger charge is -2.27. The van der Waals surface area contributed by atoms with E-state index in [-0.39, 0.29) is 6.04 Å². The van der Waals surface area contributed by atoms with Crippen molar-refractivity contribution in [2.24, 2.45) is 0 Å². The van der Waals surface area contributed by atoms with Gasteiger partial charge >= 0.3 is 0 Å². The molecule has 0 aliphatic carbocycles. The van der Waals surface area contributed by atoms with Crippen LogP contribution in [0.15, 0.2) is 16.8 Å². The summed E-state index contributed by atoms with van der Waals surface area (Å²) in [4.78, 5) is 0. The minimum Gasteiger partial charge on any atom is -0.389 e. The lowest BCUT2D eigenvalue weighted by molar-refractivity contribution is 0.0385. The largest absolute Gasteiger partial charge is 0.389 e. The highest BCUT2D eigenvalue weighted by atomic mass is 32.1. The third kappa shape index (κ3) is 3.91. The summed E-state index contributed by atoms with van der Waals surface area (Å²) in [5, 5.41) is 26.5. The molecular formula is C11H19NO2S. The van der Waals surface area contributed by atoms with Gasteiger partial charge in [0.2, 0.25) is 0 Å². The molecule has 2 unspecified atom stereocenters. The summed E-state index contributed by atoms with van der Waals surface area (Å²) in [6.45, 7) is 5.87. The third-order valence-corrected chi connectivity index (χ3v) is 3.31. The fourth-order valence-corrected chi connectivity index (χ4v) is 1.83. The summed E-state index contributed by atoms with van der Waals surface area (Å²) in [6, 6.07) is 1.86. The number of hydrogen-bond acceptors (Lipinski definition) is 4. The molecule has 86 valence electrons. The number of aliphatic hydroxyl groups excluding tert-OH is 1. The first-order chi connectivity index (χ1) is 6.91. The van der Waals surface area contributed by atoms with Crippen LogP contribution in [-0.2, 0) is 0 Å². The number of hydrogen-bond donors (Lipinski definition) is 3. The standard InChI is InChI=1S/C11H19NO2S/c1-8(11(2,3)14)12-6-10(13)9-4-5-15-7-9/h4-5,7-8,10,12-14H,6H2,1-3H3. The van der Waals surface area contributed by atoms with Gasteiger partial charge in [0.1, 0.15) is 0 Å². The molecule has 1 aromatic heterocycles. The van der Waals surface area contributed by atoms with Crippen molar-refractivity contribution >= 4 is 11.3 Å². The molecule has 3 N–H and O–H groups in total. The highest BCUT2D eigenvalue weighted by Crippen LogP contribution is 2.16. The van der Waals surface area contributed by atoms with Gasteiger partial charge in [0.15, 0.2) is 0 Å². The van der Waals surface area contributed by atoms with Crippen LogP contribution in [0.5, 0.6) is 0 Å². The molecule has 0 saturated heterocycles. The third-order valence-electron chi connectivity index (χ3n) is 2.61. The van der Waals surface area contributed by atoms with Crippen molar-refractivity contribution in [2.45, 2.75) is 38.5 Å². The van der Waals surface area contributed by atoms with Crippen molar-refractivity contribution in [3.8, 4) is 0 Å². The van der Waals surface area contributed by atoms with Crippen LogP contribution in [0.2, 0.25) is 0 Å². The van der Waals surface area contributed by atoms with Crippen LogP contribution >= 0.6 is 11.3 Å². The maximum absolute atomic E-state index is 9.79. The lowest BCUT2D eigenvalue weighted by atomic mass is 10.0. The van der Waals surface area contributed by atoms with E-state index in [2.05, 4.69) is 5.32 Å². The number of thiophene rings is 1. The maximum atomic E-state index is 9.79. The fraction of sp³-hybridized carbons (Fsp3) is 0.636. The predicted molar refractivity (Wildman–Crippen MR) is 63.0 cm³/mol. The van der Waals surface area contributed by atoms with Gasteiger partial charge in [-0.05, 0) is 43.2 Å². The van der Waals surface area contributed by atoms with E-state index in [1.807, 2.05) is 23.8 Å². The van der Waals surface area contributed by atoms with E-state index in [1.54, 1.807) is 25.2 Å². The number of nitrogens with one attached hydrogen (secondary N) is 1. The summed E-state index contributed by atoms with van der Waals surface area (Å²) in [5.74, 6) is 0. The van der Waals surface area contributed by atoms with Gasteiger partial charge < -0.3 is 15.5 Å². The van der Waals surface area contributed by atoms with Crippen LogP contribution in [0.25, 0.3) is 0 Å². The molecule has 0 aliphatic rings. The molecule has 0 aliphatic heterocycles. The Morgan fingerprint density at radius 1 is 1.53 bits per heavy atom. The average Bonchev–Trinajstić information content (AvgIpc) is 2.64. The second-order valence-corrected chi connectivity index (χ2v) is 5.14. The molecule has 2 atom stereocenters.